The largest absolute Gasteiger partial charge is 0.386 e. The van der Waals surface area contributed by atoms with Gasteiger partial charge in [-0.3, -0.25) is 0 Å². The lowest BCUT2D eigenvalue weighted by atomic mass is 9.90. The van der Waals surface area contributed by atoms with E-state index in [1.165, 1.54) is 5.56 Å². The van der Waals surface area contributed by atoms with Crippen LogP contribution in [0.3, 0.4) is 0 Å². The third-order valence-electron chi connectivity index (χ3n) is 5.98. The van der Waals surface area contributed by atoms with E-state index in [0.29, 0.717) is 25.7 Å². The summed E-state index contributed by atoms with van der Waals surface area (Å²) in [6, 6.07) is 10.2. The fourth-order valence-electron chi connectivity index (χ4n) is 4.26. The number of rotatable bonds is 13. The van der Waals surface area contributed by atoms with Crippen molar-refractivity contribution in [2.75, 3.05) is 27.4 Å². The Balaban J connectivity index is 1.89. The first-order valence-electron chi connectivity index (χ1n) is 11.5. The van der Waals surface area contributed by atoms with Crippen molar-refractivity contribution >= 4 is 0 Å². The highest BCUT2D eigenvalue weighted by atomic mass is 16.7. The molecule has 32 heavy (non-hydrogen) atoms. The highest BCUT2D eigenvalue weighted by molar-refractivity contribution is 5.13. The Bertz CT molecular complexity index is 689. The lowest BCUT2D eigenvalue weighted by molar-refractivity contribution is -0.148. The molecule has 182 valence electrons. The Hall–Kier alpha value is -1.28. The van der Waals surface area contributed by atoms with E-state index in [0.717, 1.165) is 12.0 Å². The highest BCUT2D eigenvalue weighted by Gasteiger charge is 2.37. The van der Waals surface area contributed by atoms with Crippen molar-refractivity contribution < 1.29 is 28.8 Å². The molecule has 0 unspecified atom stereocenters. The minimum Gasteiger partial charge on any atom is -0.386 e. The number of hydrogen-bond donors (Lipinski definition) is 1. The van der Waals surface area contributed by atoms with E-state index in [2.05, 4.69) is 32.1 Å². The Labute approximate surface area is 193 Å². The average Bonchev–Trinajstić information content (AvgIpc) is 3.13. The number of methoxy groups -OCH3 is 2. The molecule has 0 aromatic heterocycles. The molecular weight excluding hydrogens is 408 g/mol. The van der Waals surface area contributed by atoms with Crippen LogP contribution in [0.15, 0.2) is 42.0 Å². The standard InChI is InChI=1S/C26H42O6/c1-18(15-30-16-21-11-9-8-10-12-21)13-22(28-6)25(29-7)20(3)14-19(2)24(27)23-17-31-26(4,5)32-23/h8-12,14,18,20,22-25,27H,13,15-17H2,1-7H3/b19-14+/t18-,20-,22-,23-,24-,25+/m0/s1. The Kier molecular flexibility index (Phi) is 10.8. The van der Waals surface area contributed by atoms with Crippen LogP contribution < -0.4 is 0 Å². The molecule has 0 amide bonds. The molecule has 0 radical (unpaired) electrons. The van der Waals surface area contributed by atoms with Gasteiger partial charge in [-0.1, -0.05) is 50.3 Å². The topological polar surface area (TPSA) is 66.4 Å². The molecule has 1 aliphatic heterocycles. The van der Waals surface area contributed by atoms with Gasteiger partial charge >= 0.3 is 0 Å². The third-order valence-corrected chi connectivity index (χ3v) is 5.98. The quantitative estimate of drug-likeness (QED) is 0.451. The van der Waals surface area contributed by atoms with Crippen LogP contribution in [0, 0.1) is 11.8 Å². The third kappa shape index (κ3) is 8.25. The molecule has 1 aromatic carbocycles. The van der Waals surface area contributed by atoms with Crippen LogP contribution in [0.1, 0.15) is 46.6 Å². The maximum Gasteiger partial charge on any atom is 0.163 e. The molecule has 1 aromatic rings. The van der Waals surface area contributed by atoms with Gasteiger partial charge in [0.05, 0.1) is 25.4 Å². The molecule has 2 rings (SSSR count). The van der Waals surface area contributed by atoms with Gasteiger partial charge in [-0.2, -0.15) is 0 Å². The predicted octanol–water partition coefficient (Wildman–Crippen LogP) is 4.35. The van der Waals surface area contributed by atoms with E-state index in [1.807, 2.05) is 39.0 Å². The Morgan fingerprint density at radius 1 is 1.19 bits per heavy atom. The van der Waals surface area contributed by atoms with E-state index < -0.39 is 11.9 Å². The van der Waals surface area contributed by atoms with Gasteiger partial charge in [0.1, 0.15) is 12.2 Å². The normalized spacial score (nSPS) is 23.5. The Morgan fingerprint density at radius 2 is 1.88 bits per heavy atom. The van der Waals surface area contributed by atoms with Gasteiger partial charge in [0.25, 0.3) is 0 Å². The van der Waals surface area contributed by atoms with Crippen molar-refractivity contribution in [2.24, 2.45) is 11.8 Å². The van der Waals surface area contributed by atoms with Crippen LogP contribution in [0.2, 0.25) is 0 Å². The lowest BCUT2D eigenvalue weighted by Crippen LogP contribution is -2.37. The van der Waals surface area contributed by atoms with Crippen molar-refractivity contribution in [1.29, 1.82) is 0 Å². The van der Waals surface area contributed by atoms with Crippen molar-refractivity contribution in [3.8, 4) is 0 Å². The maximum absolute atomic E-state index is 10.7. The number of hydrogen-bond acceptors (Lipinski definition) is 6. The van der Waals surface area contributed by atoms with E-state index in [4.69, 9.17) is 23.7 Å². The molecule has 1 N–H and O–H groups in total. The molecule has 0 saturated carbocycles. The smallest absolute Gasteiger partial charge is 0.163 e. The van der Waals surface area contributed by atoms with Crippen LogP contribution >= 0.6 is 0 Å². The number of benzene rings is 1. The average molecular weight is 451 g/mol. The molecule has 6 atom stereocenters. The summed E-state index contributed by atoms with van der Waals surface area (Å²) in [6.45, 7) is 11.5. The van der Waals surface area contributed by atoms with Gasteiger partial charge in [-0.25, -0.2) is 0 Å². The van der Waals surface area contributed by atoms with Crippen molar-refractivity contribution in [3.63, 3.8) is 0 Å². The molecule has 1 heterocycles. The van der Waals surface area contributed by atoms with Gasteiger partial charge in [-0.05, 0) is 44.2 Å². The Morgan fingerprint density at radius 3 is 2.44 bits per heavy atom. The molecule has 1 saturated heterocycles. The summed E-state index contributed by atoms with van der Waals surface area (Å²) in [7, 11) is 3.43. The molecule has 0 spiro atoms. The molecule has 0 bridgehead atoms. The fourth-order valence-corrected chi connectivity index (χ4v) is 4.26. The van der Waals surface area contributed by atoms with E-state index in [-0.39, 0.29) is 24.2 Å². The van der Waals surface area contributed by atoms with Crippen molar-refractivity contribution in [2.45, 2.75) is 77.8 Å². The van der Waals surface area contributed by atoms with Crippen LogP contribution in [-0.2, 0) is 30.3 Å². The fraction of sp³-hybridized carbons (Fsp3) is 0.692. The number of aliphatic hydroxyl groups excluding tert-OH is 1. The van der Waals surface area contributed by atoms with Gasteiger partial charge in [-0.15, -0.1) is 0 Å². The van der Waals surface area contributed by atoms with Crippen molar-refractivity contribution in [3.05, 3.63) is 47.5 Å². The second-order valence-corrected chi connectivity index (χ2v) is 9.40. The molecular formula is C26H42O6. The van der Waals surface area contributed by atoms with Crippen LogP contribution in [0.5, 0.6) is 0 Å². The summed E-state index contributed by atoms with van der Waals surface area (Å²) < 4.78 is 28.9. The number of ether oxygens (including phenoxy) is 5. The zero-order valence-electron chi connectivity index (χ0n) is 20.7. The van der Waals surface area contributed by atoms with E-state index in [9.17, 15) is 5.11 Å². The lowest BCUT2D eigenvalue weighted by Gasteiger charge is -2.31. The molecule has 6 heteroatoms. The van der Waals surface area contributed by atoms with Crippen LogP contribution in [-0.4, -0.2) is 62.7 Å². The zero-order valence-corrected chi connectivity index (χ0v) is 20.7. The second-order valence-electron chi connectivity index (χ2n) is 9.40. The summed E-state index contributed by atoms with van der Waals surface area (Å²) in [5.41, 5.74) is 2.02. The number of aliphatic hydroxyl groups is 1. The summed E-state index contributed by atoms with van der Waals surface area (Å²) in [5, 5.41) is 10.7. The monoisotopic (exact) mass is 450 g/mol. The van der Waals surface area contributed by atoms with E-state index in [1.54, 1.807) is 14.2 Å². The SMILES string of the molecule is CO[C@@H]([C@H](C[C@H](C)COCc1ccccc1)OC)[C@@H](C)/C=C(\C)[C@H](O)[C@@H]1COC(C)(C)O1. The van der Waals surface area contributed by atoms with Gasteiger partial charge < -0.3 is 28.8 Å². The van der Waals surface area contributed by atoms with E-state index >= 15 is 0 Å². The molecule has 1 fully saturated rings. The predicted molar refractivity (Wildman–Crippen MR) is 125 cm³/mol. The first kappa shape index (κ1) is 27.0. The first-order valence-corrected chi connectivity index (χ1v) is 11.5. The minimum atomic E-state index is -0.719. The summed E-state index contributed by atoms with van der Waals surface area (Å²) in [4.78, 5) is 0. The van der Waals surface area contributed by atoms with Gasteiger partial charge in [0, 0.05) is 26.7 Å². The second kappa shape index (κ2) is 12.8. The maximum atomic E-state index is 10.7. The van der Waals surface area contributed by atoms with Crippen molar-refractivity contribution in [1.82, 2.24) is 0 Å². The van der Waals surface area contributed by atoms with Crippen LogP contribution in [0.4, 0.5) is 0 Å². The molecule has 6 nitrogen and oxygen atoms in total. The van der Waals surface area contributed by atoms with Crippen LogP contribution in [0.25, 0.3) is 0 Å². The molecule has 0 aliphatic carbocycles. The summed E-state index contributed by atoms with van der Waals surface area (Å²) in [5.74, 6) is -0.297. The first-order chi connectivity index (χ1) is 15.2. The van der Waals surface area contributed by atoms with Gasteiger partial charge in [0.15, 0.2) is 5.79 Å². The highest BCUT2D eigenvalue weighted by Crippen LogP contribution is 2.28. The summed E-state index contributed by atoms with van der Waals surface area (Å²) in [6.07, 6.45) is 1.55. The molecule has 1 aliphatic rings. The van der Waals surface area contributed by atoms with Gasteiger partial charge in [0.2, 0.25) is 0 Å². The zero-order chi connectivity index (χ0) is 23.7. The summed E-state index contributed by atoms with van der Waals surface area (Å²) >= 11 is 0. The minimum absolute atomic E-state index is 0.0485.